The van der Waals surface area contributed by atoms with Crippen LogP contribution in [0.15, 0.2) is 47.4 Å². The van der Waals surface area contributed by atoms with Crippen LogP contribution in [0.25, 0.3) is 0 Å². The maximum absolute atomic E-state index is 14.3. The van der Waals surface area contributed by atoms with Crippen LogP contribution in [0.2, 0.25) is 10.0 Å². The number of likely N-dealkylation sites (tertiary alicyclic amines) is 1. The summed E-state index contributed by atoms with van der Waals surface area (Å²) in [6.45, 7) is 2.16. The van der Waals surface area contributed by atoms with E-state index < -0.39 is 84.8 Å². The molecule has 10 nitrogen and oxygen atoms in total. The number of carbonyl (C=O) groups is 4. The number of nitrogens with zero attached hydrogens (tertiary/aromatic N) is 1. The minimum atomic E-state index is -4.67. The van der Waals surface area contributed by atoms with Gasteiger partial charge in [0.15, 0.2) is 15.9 Å². The van der Waals surface area contributed by atoms with E-state index in [1.54, 1.807) is 31.2 Å². The third-order valence-corrected chi connectivity index (χ3v) is 12.0. The van der Waals surface area contributed by atoms with E-state index in [0.29, 0.717) is 29.8 Å². The third kappa shape index (κ3) is 8.01. The number of benzene rings is 2. The van der Waals surface area contributed by atoms with E-state index in [0.717, 1.165) is 38.0 Å². The van der Waals surface area contributed by atoms with Crippen LogP contribution >= 0.6 is 23.2 Å². The van der Waals surface area contributed by atoms with E-state index >= 15 is 0 Å². The lowest BCUT2D eigenvalue weighted by atomic mass is 9.94. The molecule has 2 aromatic rings. The van der Waals surface area contributed by atoms with Crippen molar-refractivity contribution < 1.29 is 45.5 Å². The van der Waals surface area contributed by atoms with Gasteiger partial charge in [-0.25, -0.2) is 8.42 Å². The van der Waals surface area contributed by atoms with Gasteiger partial charge in [0.25, 0.3) is 5.91 Å². The number of ketones is 1. The molecule has 0 aromatic heterocycles. The maximum Gasteiger partial charge on any atom is 0.425 e. The number of carbonyl (C=O) groups excluding carboxylic acids is 4. The topological polar surface area (TPSA) is 139 Å². The van der Waals surface area contributed by atoms with Crippen LogP contribution in [0.4, 0.5) is 13.2 Å². The number of hydrogen-bond acceptors (Lipinski definition) is 7. The summed E-state index contributed by atoms with van der Waals surface area (Å²) in [6, 6.07) is 7.08. The van der Waals surface area contributed by atoms with Crippen molar-refractivity contribution in [2.45, 2.75) is 105 Å². The molecule has 16 heteroatoms. The van der Waals surface area contributed by atoms with Gasteiger partial charge in [-0.15, -0.1) is 0 Å². The average Bonchev–Trinajstić information content (AvgIpc) is 3.97. The van der Waals surface area contributed by atoms with Crippen LogP contribution < -0.4 is 15.4 Å². The lowest BCUT2D eigenvalue weighted by Crippen LogP contribution is -2.54. The summed E-state index contributed by atoms with van der Waals surface area (Å²) >= 11 is 12.3. The number of nitrogens with one attached hydrogen (secondary N) is 2. The van der Waals surface area contributed by atoms with E-state index in [1.807, 2.05) is 0 Å². The monoisotopic (exact) mass is 745 g/mol. The minimum absolute atomic E-state index is 0.0913. The summed E-state index contributed by atoms with van der Waals surface area (Å²) in [4.78, 5) is 54.6. The van der Waals surface area contributed by atoms with Gasteiger partial charge in [-0.05, 0) is 75.3 Å². The molecule has 1 aliphatic heterocycles. The molecule has 2 aliphatic carbocycles. The highest BCUT2D eigenvalue weighted by Crippen LogP contribution is 2.51. The van der Waals surface area contributed by atoms with Crippen molar-refractivity contribution >= 4 is 56.5 Å². The van der Waals surface area contributed by atoms with Crippen LogP contribution in [0.5, 0.6) is 5.75 Å². The molecular weight excluding hydrogens is 710 g/mol. The Balaban J connectivity index is 1.43. The molecule has 1 saturated heterocycles. The molecule has 4 atom stereocenters. The first-order valence-corrected chi connectivity index (χ1v) is 18.3. The number of hydrogen-bond donors (Lipinski definition) is 2. The predicted molar refractivity (Wildman–Crippen MR) is 174 cm³/mol. The fourth-order valence-electron chi connectivity index (χ4n) is 5.99. The molecule has 0 spiro atoms. The molecule has 3 aliphatic rings. The number of halogens is 5. The molecule has 2 aromatic carbocycles. The summed E-state index contributed by atoms with van der Waals surface area (Å²) in [5.41, 5.74) is -0.369. The molecule has 2 saturated carbocycles. The molecule has 1 heterocycles. The Morgan fingerprint density at radius 2 is 1.71 bits per heavy atom. The summed E-state index contributed by atoms with van der Waals surface area (Å²) < 4.78 is 71.9. The average molecular weight is 747 g/mol. The summed E-state index contributed by atoms with van der Waals surface area (Å²) in [5, 5.41) is 3.94. The highest BCUT2D eigenvalue weighted by atomic mass is 35.5. The van der Waals surface area contributed by atoms with Crippen LogP contribution in [0.1, 0.15) is 64.4 Å². The Morgan fingerprint density at radius 1 is 1.06 bits per heavy atom. The van der Waals surface area contributed by atoms with Crippen LogP contribution in [0.3, 0.4) is 0 Å². The van der Waals surface area contributed by atoms with E-state index in [9.17, 15) is 40.8 Å². The highest BCUT2D eigenvalue weighted by Gasteiger charge is 2.57. The molecule has 3 fully saturated rings. The third-order valence-electron chi connectivity index (χ3n) is 9.15. The van der Waals surface area contributed by atoms with Gasteiger partial charge in [0.05, 0.1) is 26.6 Å². The fraction of sp³-hybridized carbons (Fsp3) is 0.515. The Bertz CT molecular complexity index is 1730. The van der Waals surface area contributed by atoms with Gasteiger partial charge in [-0.2, -0.15) is 13.2 Å². The number of alkyl halides is 3. The second kappa shape index (κ2) is 14.1. The van der Waals surface area contributed by atoms with E-state index in [4.69, 9.17) is 27.9 Å². The van der Waals surface area contributed by atoms with Crippen molar-refractivity contribution in [3.63, 3.8) is 0 Å². The minimum Gasteiger partial charge on any atom is -0.481 e. The largest absolute Gasteiger partial charge is 0.481 e. The molecule has 0 unspecified atom stereocenters. The van der Waals surface area contributed by atoms with Crippen molar-refractivity contribution in [3.05, 3.63) is 58.1 Å². The van der Waals surface area contributed by atoms with Gasteiger partial charge in [-0.3, -0.25) is 19.2 Å². The second-order valence-corrected chi connectivity index (χ2v) is 15.9. The molecule has 0 bridgehead atoms. The van der Waals surface area contributed by atoms with Gasteiger partial charge < -0.3 is 20.3 Å². The number of Topliss-reactive ketones (excluding diaryl/α,β-unsaturated/α-hetero) is 1. The fourth-order valence-corrected chi connectivity index (χ4v) is 8.35. The summed E-state index contributed by atoms with van der Waals surface area (Å²) in [6.07, 6.45) is -4.25. The second-order valence-electron chi connectivity index (χ2n) is 12.8. The Kier molecular flexibility index (Phi) is 10.6. The first-order chi connectivity index (χ1) is 23.0. The molecule has 5 rings (SSSR count). The lowest BCUT2D eigenvalue weighted by Gasteiger charge is -2.29. The van der Waals surface area contributed by atoms with Gasteiger partial charge in [-0.1, -0.05) is 48.7 Å². The number of amides is 3. The Hall–Kier alpha value is -3.36. The SMILES string of the molecule is CCC[C@H](NC(=O)[C@@H]1C[C@@H](S(=O)(=O)c2ccc(O[C@@H](C)C(F)(F)F)cc2Cl)CN1C(=O)C1(c2ccc(Cl)cc2)CC1)C(=O)C(=O)NC1CC1. The number of rotatable bonds is 13. The van der Waals surface area contributed by atoms with Gasteiger partial charge in [0, 0.05) is 23.7 Å². The van der Waals surface area contributed by atoms with Gasteiger partial charge in [0.2, 0.25) is 17.6 Å². The van der Waals surface area contributed by atoms with Crippen LogP contribution in [-0.2, 0) is 34.4 Å². The van der Waals surface area contributed by atoms with Crippen molar-refractivity contribution in [3.8, 4) is 5.75 Å². The summed E-state index contributed by atoms with van der Waals surface area (Å²) in [5.74, 6) is -3.23. The van der Waals surface area contributed by atoms with E-state index in [-0.39, 0.29) is 24.6 Å². The van der Waals surface area contributed by atoms with E-state index in [2.05, 4.69) is 10.6 Å². The smallest absolute Gasteiger partial charge is 0.425 e. The first-order valence-electron chi connectivity index (χ1n) is 16.0. The normalized spacial score (nSPS) is 21.4. The molecule has 49 heavy (non-hydrogen) atoms. The quantitative estimate of drug-likeness (QED) is 0.278. The zero-order valence-corrected chi connectivity index (χ0v) is 29.0. The van der Waals surface area contributed by atoms with Crippen molar-refractivity contribution in [2.75, 3.05) is 6.54 Å². The number of ether oxygens (including phenoxy) is 1. The van der Waals surface area contributed by atoms with Gasteiger partial charge >= 0.3 is 6.18 Å². The van der Waals surface area contributed by atoms with Crippen molar-refractivity contribution in [1.82, 2.24) is 15.5 Å². The Morgan fingerprint density at radius 3 is 2.27 bits per heavy atom. The zero-order chi connectivity index (χ0) is 35.9. The summed E-state index contributed by atoms with van der Waals surface area (Å²) in [7, 11) is -4.38. The van der Waals surface area contributed by atoms with Crippen LogP contribution in [0, 0.1) is 0 Å². The number of sulfone groups is 1. The highest BCUT2D eigenvalue weighted by molar-refractivity contribution is 7.92. The molecular formula is C33H36Cl2F3N3O7S. The standard InChI is InChI=1S/C33H36Cl2F3N3O7S/c1-3-4-25(28(42)30(44)39-21-9-10-21)40-29(43)26-16-23(17-41(26)31(45)32(13-14-32)19-5-7-20(34)8-6-19)49(46,47)27-12-11-22(15-24(27)35)48-18(2)33(36,37)38/h5-8,11-12,15,18,21,23,25-26H,3-4,9-10,13-14,16-17H2,1-2H3,(H,39,44)(H,40,43)/t18-,23+,25-,26-/m0/s1. The van der Waals surface area contributed by atoms with Crippen LogP contribution in [-0.4, -0.2) is 79.0 Å². The maximum atomic E-state index is 14.3. The Labute approximate surface area is 291 Å². The van der Waals surface area contributed by atoms with Gasteiger partial charge in [0.1, 0.15) is 11.8 Å². The first kappa shape index (κ1) is 36.9. The molecule has 266 valence electrons. The zero-order valence-electron chi connectivity index (χ0n) is 26.7. The van der Waals surface area contributed by atoms with Crippen molar-refractivity contribution in [1.29, 1.82) is 0 Å². The molecule has 3 amide bonds. The molecule has 2 N–H and O–H groups in total. The van der Waals surface area contributed by atoms with E-state index in [1.165, 1.54) is 4.90 Å². The molecule has 0 radical (unpaired) electrons. The van der Waals surface area contributed by atoms with Crippen molar-refractivity contribution in [2.24, 2.45) is 0 Å². The predicted octanol–water partition coefficient (Wildman–Crippen LogP) is 4.93. The lowest BCUT2D eigenvalue weighted by molar-refractivity contribution is -0.189.